The van der Waals surface area contributed by atoms with Crippen molar-refractivity contribution in [2.24, 2.45) is 5.92 Å². The first-order valence-corrected chi connectivity index (χ1v) is 7.37. The molecule has 1 aliphatic rings. The maximum atomic E-state index is 10.8. The van der Waals surface area contributed by atoms with E-state index in [1.807, 2.05) is 12.1 Å². The lowest BCUT2D eigenvalue weighted by Crippen LogP contribution is -2.39. The lowest BCUT2D eigenvalue weighted by Gasteiger charge is -2.30. The minimum Gasteiger partial charge on any atom is -0.465 e. The first-order chi connectivity index (χ1) is 9.15. The Hall–Kier alpha value is -1.07. The molecular weight excluding hydrogens is 308 g/mol. The van der Waals surface area contributed by atoms with Crippen molar-refractivity contribution in [2.45, 2.75) is 19.4 Å². The third kappa shape index (κ3) is 4.51. The van der Waals surface area contributed by atoms with Gasteiger partial charge in [-0.15, -0.1) is 0 Å². The Balaban J connectivity index is 1.67. The zero-order valence-electron chi connectivity index (χ0n) is 10.8. The van der Waals surface area contributed by atoms with Crippen LogP contribution in [0, 0.1) is 5.92 Å². The molecule has 2 rings (SSSR count). The van der Waals surface area contributed by atoms with E-state index in [0.29, 0.717) is 19.0 Å². The summed E-state index contributed by atoms with van der Waals surface area (Å²) in [4.78, 5) is 12.3. The third-order valence-electron chi connectivity index (χ3n) is 3.56. The van der Waals surface area contributed by atoms with Crippen molar-refractivity contribution < 1.29 is 9.90 Å². The fraction of sp³-hybridized carbons (Fsp3) is 0.500. The summed E-state index contributed by atoms with van der Waals surface area (Å²) in [5, 5.41) is 12.3. The number of nitrogens with zero attached hydrogens (tertiary/aromatic N) is 1. The van der Waals surface area contributed by atoms with E-state index in [1.54, 1.807) is 0 Å². The Bertz CT molecular complexity index is 414. The van der Waals surface area contributed by atoms with Gasteiger partial charge in [-0.1, -0.05) is 28.1 Å². The minimum atomic E-state index is -0.790. The largest absolute Gasteiger partial charge is 0.465 e. The number of benzene rings is 1. The van der Waals surface area contributed by atoms with Crippen LogP contribution < -0.4 is 5.32 Å². The van der Waals surface area contributed by atoms with Crippen LogP contribution >= 0.6 is 15.9 Å². The van der Waals surface area contributed by atoms with Gasteiger partial charge in [-0.05, 0) is 43.0 Å². The molecule has 1 heterocycles. The Labute approximate surface area is 121 Å². The Kier molecular flexibility index (Phi) is 5.22. The average Bonchev–Trinajstić information content (AvgIpc) is 2.41. The zero-order chi connectivity index (χ0) is 13.7. The SMILES string of the molecule is O=C(O)N1CCC(CNCc2ccc(Br)cc2)CC1. The van der Waals surface area contributed by atoms with Gasteiger partial charge in [-0.3, -0.25) is 0 Å². The van der Waals surface area contributed by atoms with Crippen LogP contribution in [-0.4, -0.2) is 35.7 Å². The molecule has 1 amide bonds. The molecular formula is C14H19BrN2O2. The summed E-state index contributed by atoms with van der Waals surface area (Å²) in [5.74, 6) is 0.589. The van der Waals surface area contributed by atoms with Crippen molar-refractivity contribution in [3.63, 3.8) is 0 Å². The molecule has 2 N–H and O–H groups in total. The number of hydrogen-bond donors (Lipinski definition) is 2. The normalized spacial score (nSPS) is 16.6. The molecule has 0 aromatic heterocycles. The van der Waals surface area contributed by atoms with E-state index in [9.17, 15) is 4.79 Å². The van der Waals surface area contributed by atoms with Crippen LogP contribution in [0.5, 0.6) is 0 Å². The van der Waals surface area contributed by atoms with E-state index in [1.165, 1.54) is 10.5 Å². The first kappa shape index (κ1) is 14.3. The molecule has 0 aliphatic carbocycles. The van der Waals surface area contributed by atoms with Crippen LogP contribution in [0.1, 0.15) is 18.4 Å². The van der Waals surface area contributed by atoms with Crippen LogP contribution in [-0.2, 0) is 6.54 Å². The fourth-order valence-electron chi connectivity index (χ4n) is 2.35. The predicted molar refractivity (Wildman–Crippen MR) is 78.2 cm³/mol. The average molecular weight is 327 g/mol. The fourth-order valence-corrected chi connectivity index (χ4v) is 2.62. The van der Waals surface area contributed by atoms with Gasteiger partial charge in [0.2, 0.25) is 0 Å². The van der Waals surface area contributed by atoms with Gasteiger partial charge < -0.3 is 15.3 Å². The number of carbonyl (C=O) groups is 1. The van der Waals surface area contributed by atoms with Gasteiger partial charge in [0.1, 0.15) is 0 Å². The summed E-state index contributed by atoms with van der Waals surface area (Å²) in [7, 11) is 0. The van der Waals surface area contributed by atoms with Crippen LogP contribution in [0.15, 0.2) is 28.7 Å². The molecule has 0 unspecified atom stereocenters. The quantitative estimate of drug-likeness (QED) is 0.894. The number of likely N-dealkylation sites (tertiary alicyclic amines) is 1. The molecule has 0 atom stereocenters. The highest BCUT2D eigenvalue weighted by atomic mass is 79.9. The molecule has 1 saturated heterocycles. The molecule has 1 aliphatic heterocycles. The van der Waals surface area contributed by atoms with Crippen molar-refractivity contribution in [1.29, 1.82) is 0 Å². The number of amides is 1. The highest BCUT2D eigenvalue weighted by molar-refractivity contribution is 9.10. The van der Waals surface area contributed by atoms with Gasteiger partial charge >= 0.3 is 6.09 Å². The summed E-state index contributed by atoms with van der Waals surface area (Å²) in [6.07, 6.45) is 1.13. The van der Waals surface area contributed by atoms with Crippen LogP contribution in [0.25, 0.3) is 0 Å². The third-order valence-corrected chi connectivity index (χ3v) is 4.09. The lowest BCUT2D eigenvalue weighted by atomic mass is 9.97. The monoisotopic (exact) mass is 326 g/mol. The molecule has 1 aromatic carbocycles. The second-order valence-electron chi connectivity index (χ2n) is 4.97. The molecule has 0 radical (unpaired) electrons. The molecule has 4 nitrogen and oxygen atoms in total. The van der Waals surface area contributed by atoms with E-state index in [0.717, 1.165) is 30.4 Å². The van der Waals surface area contributed by atoms with Crippen LogP contribution in [0.4, 0.5) is 4.79 Å². The van der Waals surface area contributed by atoms with E-state index in [4.69, 9.17) is 5.11 Å². The maximum absolute atomic E-state index is 10.8. The molecule has 1 fully saturated rings. The molecule has 0 bridgehead atoms. The first-order valence-electron chi connectivity index (χ1n) is 6.58. The van der Waals surface area contributed by atoms with E-state index < -0.39 is 6.09 Å². The van der Waals surface area contributed by atoms with E-state index >= 15 is 0 Å². The van der Waals surface area contributed by atoms with Crippen molar-refractivity contribution in [3.05, 3.63) is 34.3 Å². The predicted octanol–water partition coefficient (Wildman–Crippen LogP) is 2.93. The number of nitrogens with one attached hydrogen (secondary N) is 1. The minimum absolute atomic E-state index is 0.589. The zero-order valence-corrected chi connectivity index (χ0v) is 12.4. The number of rotatable bonds is 4. The molecule has 5 heteroatoms. The standard InChI is InChI=1S/C14H19BrN2O2/c15-13-3-1-11(2-4-13)9-16-10-12-5-7-17(8-6-12)14(18)19/h1-4,12,16H,5-10H2,(H,18,19). The molecule has 0 saturated carbocycles. The maximum Gasteiger partial charge on any atom is 0.407 e. The van der Waals surface area contributed by atoms with Gasteiger partial charge in [-0.2, -0.15) is 0 Å². The summed E-state index contributed by atoms with van der Waals surface area (Å²) < 4.78 is 1.09. The van der Waals surface area contributed by atoms with Gasteiger partial charge in [0.15, 0.2) is 0 Å². The summed E-state index contributed by atoms with van der Waals surface area (Å²) in [5.41, 5.74) is 1.27. The van der Waals surface area contributed by atoms with Crippen LogP contribution in [0.3, 0.4) is 0 Å². The van der Waals surface area contributed by atoms with Crippen molar-refractivity contribution >= 4 is 22.0 Å². The number of carboxylic acid groups (broad SMARTS) is 1. The molecule has 19 heavy (non-hydrogen) atoms. The van der Waals surface area contributed by atoms with Gasteiger partial charge in [0.05, 0.1) is 0 Å². The van der Waals surface area contributed by atoms with Gasteiger partial charge in [-0.25, -0.2) is 4.79 Å². The summed E-state index contributed by atoms with van der Waals surface area (Å²) >= 11 is 3.42. The van der Waals surface area contributed by atoms with Crippen molar-refractivity contribution in [1.82, 2.24) is 10.2 Å². The summed E-state index contributed by atoms with van der Waals surface area (Å²) in [6, 6.07) is 8.29. The Morgan fingerprint density at radius 1 is 1.32 bits per heavy atom. The summed E-state index contributed by atoms with van der Waals surface area (Å²) in [6.45, 7) is 3.16. The molecule has 104 valence electrons. The molecule has 0 spiro atoms. The van der Waals surface area contributed by atoms with Crippen molar-refractivity contribution in [2.75, 3.05) is 19.6 Å². The number of hydrogen-bond acceptors (Lipinski definition) is 2. The smallest absolute Gasteiger partial charge is 0.407 e. The van der Waals surface area contributed by atoms with Crippen LogP contribution in [0.2, 0.25) is 0 Å². The van der Waals surface area contributed by atoms with E-state index in [-0.39, 0.29) is 0 Å². The topological polar surface area (TPSA) is 52.6 Å². The lowest BCUT2D eigenvalue weighted by molar-refractivity contribution is 0.124. The van der Waals surface area contributed by atoms with Gasteiger partial charge in [0, 0.05) is 24.1 Å². The second-order valence-corrected chi connectivity index (χ2v) is 5.89. The highest BCUT2D eigenvalue weighted by Gasteiger charge is 2.21. The molecule has 1 aromatic rings. The second kappa shape index (κ2) is 6.91. The van der Waals surface area contributed by atoms with E-state index in [2.05, 4.69) is 33.4 Å². The number of piperidine rings is 1. The highest BCUT2D eigenvalue weighted by Crippen LogP contribution is 2.16. The van der Waals surface area contributed by atoms with Gasteiger partial charge in [0.25, 0.3) is 0 Å². The van der Waals surface area contributed by atoms with Crippen molar-refractivity contribution in [3.8, 4) is 0 Å². The Morgan fingerprint density at radius 2 is 1.95 bits per heavy atom. The number of halogens is 1. The Morgan fingerprint density at radius 3 is 2.53 bits per heavy atom.